The molecule has 1 aromatic heterocycles. The normalized spacial score (nSPS) is 23.3. The maximum absolute atomic E-state index is 12.7. The number of nitrogens with zero attached hydrogens (tertiary/aromatic N) is 5. The number of hydrogen-bond acceptors (Lipinski definition) is 6. The molecule has 2 saturated heterocycles. The highest BCUT2D eigenvalue weighted by Gasteiger charge is 2.37. The fraction of sp³-hybridized carbons (Fsp3) is 0.667. The monoisotopic (exact) mass is 361 g/mol. The fourth-order valence-corrected chi connectivity index (χ4v) is 3.75. The molecule has 2 fully saturated rings. The number of likely N-dealkylation sites (N-methyl/N-ethyl adjacent to an activating group) is 1. The molecule has 8 heteroatoms. The maximum atomic E-state index is 12.7. The molecule has 0 spiro atoms. The van der Waals surface area contributed by atoms with E-state index in [1.807, 2.05) is 4.90 Å². The lowest BCUT2D eigenvalue weighted by Crippen LogP contribution is -2.38. The Morgan fingerprint density at radius 3 is 2.31 bits per heavy atom. The number of carbonyl (C=O) groups excluding carboxylic acids is 2. The van der Waals surface area contributed by atoms with Crippen molar-refractivity contribution in [3.63, 3.8) is 0 Å². The average molecular weight is 361 g/mol. The van der Waals surface area contributed by atoms with Gasteiger partial charge >= 0.3 is 0 Å². The van der Waals surface area contributed by atoms with Gasteiger partial charge < -0.3 is 14.5 Å². The molecule has 3 rings (SSSR count). The van der Waals surface area contributed by atoms with Gasteiger partial charge in [-0.3, -0.25) is 14.5 Å². The van der Waals surface area contributed by atoms with Crippen molar-refractivity contribution >= 4 is 11.8 Å². The summed E-state index contributed by atoms with van der Waals surface area (Å²) in [6.07, 6.45) is 4.98. The zero-order valence-electron chi connectivity index (χ0n) is 15.7. The van der Waals surface area contributed by atoms with Crippen molar-refractivity contribution in [2.75, 3.05) is 53.9 Å². The molecule has 2 aliphatic rings. The lowest BCUT2D eigenvalue weighted by molar-refractivity contribution is -0.129. The first-order valence-corrected chi connectivity index (χ1v) is 9.05. The second kappa shape index (κ2) is 7.99. The van der Waals surface area contributed by atoms with Crippen LogP contribution in [-0.2, 0) is 4.79 Å². The van der Waals surface area contributed by atoms with Gasteiger partial charge in [0, 0.05) is 27.2 Å². The number of methoxy groups -OCH3 is 1. The Balaban J connectivity index is 1.56. The van der Waals surface area contributed by atoms with Crippen LogP contribution in [0.15, 0.2) is 12.4 Å². The lowest BCUT2D eigenvalue weighted by Gasteiger charge is -2.22. The molecule has 8 nitrogen and oxygen atoms in total. The van der Waals surface area contributed by atoms with Gasteiger partial charge in [0.05, 0.1) is 26.0 Å². The highest BCUT2D eigenvalue weighted by Crippen LogP contribution is 2.32. The Labute approximate surface area is 154 Å². The first-order chi connectivity index (χ1) is 12.5. The summed E-state index contributed by atoms with van der Waals surface area (Å²) in [5.74, 6) is 1.47. The van der Waals surface area contributed by atoms with Crippen LogP contribution >= 0.6 is 0 Å². The van der Waals surface area contributed by atoms with Crippen LogP contribution in [0.2, 0.25) is 0 Å². The third-order valence-corrected chi connectivity index (χ3v) is 5.41. The molecule has 0 saturated carbocycles. The number of ether oxygens (including phenoxy) is 1. The van der Waals surface area contributed by atoms with E-state index in [-0.39, 0.29) is 11.8 Å². The van der Waals surface area contributed by atoms with Gasteiger partial charge in [-0.25, -0.2) is 9.97 Å². The third kappa shape index (κ3) is 4.12. The number of rotatable bonds is 4. The maximum Gasteiger partial charge on any atom is 0.274 e. The predicted molar refractivity (Wildman–Crippen MR) is 95.8 cm³/mol. The molecule has 1 aromatic rings. The van der Waals surface area contributed by atoms with Crippen LogP contribution < -0.4 is 4.74 Å². The Kier molecular flexibility index (Phi) is 5.70. The van der Waals surface area contributed by atoms with Gasteiger partial charge in [-0.05, 0) is 37.8 Å². The van der Waals surface area contributed by atoms with Crippen molar-refractivity contribution in [1.82, 2.24) is 24.7 Å². The van der Waals surface area contributed by atoms with Crippen LogP contribution in [0.25, 0.3) is 0 Å². The van der Waals surface area contributed by atoms with Crippen LogP contribution in [0.1, 0.15) is 23.3 Å². The van der Waals surface area contributed by atoms with Gasteiger partial charge in [0.25, 0.3) is 5.91 Å². The van der Waals surface area contributed by atoms with Gasteiger partial charge in [0.2, 0.25) is 11.8 Å². The molecule has 142 valence electrons. The molecule has 2 aliphatic heterocycles. The van der Waals surface area contributed by atoms with E-state index in [9.17, 15) is 9.59 Å². The van der Waals surface area contributed by atoms with Gasteiger partial charge in [-0.2, -0.15) is 0 Å². The van der Waals surface area contributed by atoms with Crippen LogP contribution in [0.4, 0.5) is 0 Å². The summed E-state index contributed by atoms with van der Waals surface area (Å²) in [4.78, 5) is 38.6. The second-order valence-corrected chi connectivity index (χ2v) is 7.32. The first-order valence-electron chi connectivity index (χ1n) is 9.05. The average Bonchev–Trinajstić information content (AvgIpc) is 2.97. The molecule has 3 heterocycles. The largest absolute Gasteiger partial charge is 0.480 e. The number of fused-ring (bicyclic) bond motifs is 1. The topological polar surface area (TPSA) is 78.9 Å². The summed E-state index contributed by atoms with van der Waals surface area (Å²) < 4.78 is 4.99. The molecule has 2 amide bonds. The number of carbonyl (C=O) groups is 2. The molecule has 0 aliphatic carbocycles. The van der Waals surface area contributed by atoms with Crippen molar-refractivity contribution in [3.05, 3.63) is 18.1 Å². The van der Waals surface area contributed by atoms with Crippen molar-refractivity contribution in [1.29, 1.82) is 0 Å². The lowest BCUT2D eigenvalue weighted by atomic mass is 9.92. The minimum atomic E-state index is -0.0622. The molecule has 0 bridgehead atoms. The third-order valence-electron chi connectivity index (χ3n) is 5.41. The van der Waals surface area contributed by atoms with Crippen molar-refractivity contribution in [2.24, 2.45) is 11.8 Å². The van der Waals surface area contributed by atoms with Crippen molar-refractivity contribution in [3.8, 4) is 5.88 Å². The summed E-state index contributed by atoms with van der Waals surface area (Å²) in [6, 6.07) is 0. The Hall–Kier alpha value is -2.22. The minimum Gasteiger partial charge on any atom is -0.480 e. The Bertz CT molecular complexity index is 633. The van der Waals surface area contributed by atoms with Gasteiger partial charge in [-0.1, -0.05) is 0 Å². The minimum absolute atomic E-state index is 0.0622. The molecule has 0 radical (unpaired) electrons. The SMILES string of the molecule is COc1cnc(C(=O)N2C[C@H]3CCN(CC(=O)N(C)C)CC[C@H]3C2)cn1. The highest BCUT2D eigenvalue weighted by molar-refractivity contribution is 5.92. The zero-order valence-corrected chi connectivity index (χ0v) is 15.7. The zero-order chi connectivity index (χ0) is 18.7. The van der Waals surface area contributed by atoms with E-state index in [2.05, 4.69) is 14.9 Å². The quantitative estimate of drug-likeness (QED) is 0.770. The summed E-state index contributed by atoms with van der Waals surface area (Å²) >= 11 is 0. The van der Waals surface area contributed by atoms with E-state index in [0.717, 1.165) is 39.0 Å². The second-order valence-electron chi connectivity index (χ2n) is 7.32. The first kappa shape index (κ1) is 18.6. The molecule has 0 unspecified atom stereocenters. The summed E-state index contributed by atoms with van der Waals surface area (Å²) in [5, 5.41) is 0. The number of amides is 2. The Morgan fingerprint density at radius 2 is 1.81 bits per heavy atom. The van der Waals surface area contributed by atoms with E-state index < -0.39 is 0 Å². The Morgan fingerprint density at radius 1 is 1.15 bits per heavy atom. The smallest absolute Gasteiger partial charge is 0.274 e. The summed E-state index contributed by atoms with van der Waals surface area (Å²) in [5.41, 5.74) is 0.362. The molecular formula is C18H27N5O3. The van der Waals surface area contributed by atoms with E-state index in [4.69, 9.17) is 4.74 Å². The van der Waals surface area contributed by atoms with Crippen LogP contribution in [-0.4, -0.2) is 90.4 Å². The van der Waals surface area contributed by atoms with Gasteiger partial charge in [0.15, 0.2) is 0 Å². The highest BCUT2D eigenvalue weighted by atomic mass is 16.5. The van der Waals surface area contributed by atoms with Crippen LogP contribution in [0, 0.1) is 11.8 Å². The van der Waals surface area contributed by atoms with Crippen LogP contribution in [0.5, 0.6) is 5.88 Å². The standard InChI is InChI=1S/C18H27N5O3/c1-21(2)17(24)12-22-6-4-13-10-23(11-14(13)5-7-22)18(25)15-8-20-16(26-3)9-19-15/h8-9,13-14H,4-7,10-12H2,1-3H3/t13-,14+. The molecule has 0 N–H and O–H groups in total. The summed E-state index contributed by atoms with van der Waals surface area (Å²) in [7, 11) is 5.11. The van der Waals surface area contributed by atoms with Crippen molar-refractivity contribution in [2.45, 2.75) is 12.8 Å². The number of likely N-dealkylation sites (tertiary alicyclic amines) is 2. The van der Waals surface area contributed by atoms with E-state index >= 15 is 0 Å². The van der Waals surface area contributed by atoms with Crippen molar-refractivity contribution < 1.29 is 14.3 Å². The number of aromatic nitrogens is 2. The van der Waals surface area contributed by atoms with Crippen LogP contribution in [0.3, 0.4) is 0 Å². The molecule has 2 atom stereocenters. The molecule has 26 heavy (non-hydrogen) atoms. The number of hydrogen-bond donors (Lipinski definition) is 0. The van der Waals surface area contributed by atoms with Gasteiger partial charge in [0.1, 0.15) is 5.69 Å². The van der Waals surface area contributed by atoms with E-state index in [1.165, 1.54) is 19.5 Å². The van der Waals surface area contributed by atoms with E-state index in [0.29, 0.717) is 30.0 Å². The molecule has 0 aromatic carbocycles. The van der Waals surface area contributed by atoms with E-state index in [1.54, 1.807) is 19.0 Å². The summed E-state index contributed by atoms with van der Waals surface area (Å²) in [6.45, 7) is 3.81. The fourth-order valence-electron chi connectivity index (χ4n) is 3.75. The predicted octanol–water partition coefficient (Wildman–Crippen LogP) is 0.357. The van der Waals surface area contributed by atoms with Gasteiger partial charge in [-0.15, -0.1) is 0 Å². The molecular weight excluding hydrogens is 334 g/mol.